The van der Waals surface area contributed by atoms with Gasteiger partial charge in [-0.2, -0.15) is 0 Å². The summed E-state index contributed by atoms with van der Waals surface area (Å²) in [4.78, 5) is 5.02. The zero-order valence-electron chi connectivity index (χ0n) is 12.0. The summed E-state index contributed by atoms with van der Waals surface area (Å²) in [6.07, 6.45) is 2.21. The number of nitrogens with zero attached hydrogens (tertiary/aromatic N) is 2. The Bertz CT molecular complexity index is 444. The van der Waals surface area contributed by atoms with Crippen LogP contribution in [0.5, 0.6) is 5.75 Å². The van der Waals surface area contributed by atoms with Gasteiger partial charge in [-0.25, -0.2) is 0 Å². The van der Waals surface area contributed by atoms with E-state index in [1.54, 1.807) is 0 Å². The first-order valence-corrected chi connectivity index (χ1v) is 8.14. The van der Waals surface area contributed by atoms with E-state index in [-0.39, 0.29) is 0 Å². The number of hydrogen-bond acceptors (Lipinski definition) is 3. The molecular formula is C16H23ClN2O. The molecular weight excluding hydrogens is 272 g/mol. The van der Waals surface area contributed by atoms with Gasteiger partial charge >= 0.3 is 0 Å². The van der Waals surface area contributed by atoms with Crippen LogP contribution in [0.25, 0.3) is 0 Å². The van der Waals surface area contributed by atoms with E-state index in [0.29, 0.717) is 0 Å². The van der Waals surface area contributed by atoms with Gasteiger partial charge in [-0.3, -0.25) is 4.90 Å². The first kappa shape index (κ1) is 14.2. The molecule has 0 unspecified atom stereocenters. The first-order chi connectivity index (χ1) is 9.85. The highest BCUT2D eigenvalue weighted by Gasteiger charge is 2.16. The van der Waals surface area contributed by atoms with E-state index in [1.807, 2.05) is 0 Å². The monoisotopic (exact) mass is 294 g/mol. The van der Waals surface area contributed by atoms with Gasteiger partial charge in [0, 0.05) is 51.6 Å². The Hall–Kier alpha value is -0.770. The molecule has 0 aromatic heterocycles. The summed E-state index contributed by atoms with van der Waals surface area (Å²) in [5.41, 5.74) is 2.83. The van der Waals surface area contributed by atoms with Crippen molar-refractivity contribution in [2.24, 2.45) is 0 Å². The molecule has 1 fully saturated rings. The highest BCUT2D eigenvalue weighted by Crippen LogP contribution is 2.26. The van der Waals surface area contributed by atoms with Gasteiger partial charge in [-0.05, 0) is 23.6 Å². The van der Waals surface area contributed by atoms with Crippen molar-refractivity contribution in [1.82, 2.24) is 9.80 Å². The van der Waals surface area contributed by atoms with E-state index in [9.17, 15) is 0 Å². The van der Waals surface area contributed by atoms with Crippen LogP contribution >= 0.6 is 11.6 Å². The lowest BCUT2D eigenvalue weighted by molar-refractivity contribution is 0.139. The van der Waals surface area contributed by atoms with Crippen molar-refractivity contribution in [3.8, 4) is 5.75 Å². The molecule has 0 bridgehead atoms. The number of halogens is 1. The lowest BCUT2D eigenvalue weighted by Gasteiger charge is -2.34. The molecule has 0 N–H and O–H groups in total. The maximum Gasteiger partial charge on any atom is 0.122 e. The highest BCUT2D eigenvalue weighted by molar-refractivity contribution is 6.18. The molecule has 1 saturated heterocycles. The summed E-state index contributed by atoms with van der Waals surface area (Å²) >= 11 is 5.79. The minimum absolute atomic E-state index is 0.747. The van der Waals surface area contributed by atoms with Crippen LogP contribution < -0.4 is 4.74 Å². The molecule has 0 saturated carbocycles. The molecule has 0 aliphatic carbocycles. The Balaban J connectivity index is 1.46. The second kappa shape index (κ2) is 6.79. The molecule has 0 atom stereocenters. The fourth-order valence-corrected chi connectivity index (χ4v) is 3.28. The van der Waals surface area contributed by atoms with Crippen LogP contribution in [0.2, 0.25) is 0 Å². The van der Waals surface area contributed by atoms with E-state index in [2.05, 4.69) is 28.0 Å². The molecule has 0 amide bonds. The Labute approximate surface area is 126 Å². The van der Waals surface area contributed by atoms with E-state index in [4.69, 9.17) is 16.3 Å². The van der Waals surface area contributed by atoms with Crippen molar-refractivity contribution in [3.63, 3.8) is 0 Å². The fraction of sp³-hybridized carbons (Fsp3) is 0.625. The SMILES string of the molecule is ClCCN1CCN(CCc2ccc3c(c2)CCO3)CC1. The van der Waals surface area contributed by atoms with Gasteiger partial charge < -0.3 is 9.64 Å². The number of benzene rings is 1. The second-order valence-electron chi connectivity index (χ2n) is 5.66. The summed E-state index contributed by atoms with van der Waals surface area (Å²) in [7, 11) is 0. The smallest absolute Gasteiger partial charge is 0.122 e. The quantitative estimate of drug-likeness (QED) is 0.773. The van der Waals surface area contributed by atoms with Gasteiger partial charge in [0.15, 0.2) is 0 Å². The van der Waals surface area contributed by atoms with Gasteiger partial charge in [0.1, 0.15) is 5.75 Å². The third-order valence-corrected chi connectivity index (χ3v) is 4.51. The molecule has 1 aromatic rings. The van der Waals surface area contributed by atoms with Gasteiger partial charge in [0.25, 0.3) is 0 Å². The lowest BCUT2D eigenvalue weighted by Crippen LogP contribution is -2.47. The summed E-state index contributed by atoms with van der Waals surface area (Å²) < 4.78 is 5.56. The average Bonchev–Trinajstić information content (AvgIpc) is 2.94. The summed E-state index contributed by atoms with van der Waals surface area (Å²) in [6.45, 7) is 7.70. The predicted molar refractivity (Wildman–Crippen MR) is 82.9 cm³/mol. The average molecular weight is 295 g/mol. The molecule has 3 nitrogen and oxygen atoms in total. The third kappa shape index (κ3) is 3.46. The highest BCUT2D eigenvalue weighted by atomic mass is 35.5. The summed E-state index contributed by atoms with van der Waals surface area (Å²) in [5, 5.41) is 0. The second-order valence-corrected chi connectivity index (χ2v) is 6.04. The molecule has 2 aliphatic rings. The summed E-state index contributed by atoms with van der Waals surface area (Å²) in [6, 6.07) is 6.68. The molecule has 0 spiro atoms. The zero-order valence-corrected chi connectivity index (χ0v) is 12.7. The number of rotatable bonds is 5. The van der Waals surface area contributed by atoms with Crippen LogP contribution in [-0.2, 0) is 12.8 Å². The Morgan fingerprint density at radius 3 is 2.55 bits per heavy atom. The van der Waals surface area contributed by atoms with Crippen LogP contribution in [0.1, 0.15) is 11.1 Å². The van der Waals surface area contributed by atoms with Crippen molar-refractivity contribution in [3.05, 3.63) is 29.3 Å². The van der Waals surface area contributed by atoms with Gasteiger partial charge in [0.05, 0.1) is 6.61 Å². The maximum absolute atomic E-state index is 5.79. The van der Waals surface area contributed by atoms with Crippen molar-refractivity contribution in [2.75, 3.05) is 51.8 Å². The van der Waals surface area contributed by atoms with Crippen LogP contribution in [-0.4, -0.2) is 61.6 Å². The van der Waals surface area contributed by atoms with E-state index in [0.717, 1.165) is 57.3 Å². The minimum Gasteiger partial charge on any atom is -0.493 e. The zero-order chi connectivity index (χ0) is 13.8. The maximum atomic E-state index is 5.79. The van der Waals surface area contributed by atoms with Crippen LogP contribution in [0, 0.1) is 0 Å². The molecule has 3 rings (SSSR count). The topological polar surface area (TPSA) is 15.7 Å². The summed E-state index contributed by atoms with van der Waals surface area (Å²) in [5.74, 6) is 1.83. The largest absolute Gasteiger partial charge is 0.493 e. The number of piperazine rings is 1. The molecule has 2 heterocycles. The van der Waals surface area contributed by atoms with Crippen LogP contribution in [0.4, 0.5) is 0 Å². The Kier molecular flexibility index (Phi) is 4.81. The molecule has 2 aliphatic heterocycles. The Morgan fingerprint density at radius 1 is 1.05 bits per heavy atom. The number of hydrogen-bond donors (Lipinski definition) is 0. The molecule has 20 heavy (non-hydrogen) atoms. The van der Waals surface area contributed by atoms with Crippen molar-refractivity contribution in [1.29, 1.82) is 0 Å². The van der Waals surface area contributed by atoms with Crippen molar-refractivity contribution >= 4 is 11.6 Å². The number of ether oxygens (including phenoxy) is 1. The third-order valence-electron chi connectivity index (χ3n) is 4.34. The van der Waals surface area contributed by atoms with E-state index in [1.165, 1.54) is 24.2 Å². The Morgan fingerprint density at radius 2 is 1.80 bits per heavy atom. The van der Waals surface area contributed by atoms with Gasteiger partial charge in [-0.15, -0.1) is 11.6 Å². The van der Waals surface area contributed by atoms with Gasteiger partial charge in [-0.1, -0.05) is 12.1 Å². The first-order valence-electron chi connectivity index (χ1n) is 7.60. The van der Waals surface area contributed by atoms with Crippen LogP contribution in [0.15, 0.2) is 18.2 Å². The normalized spacial score (nSPS) is 19.9. The van der Waals surface area contributed by atoms with Crippen molar-refractivity contribution in [2.45, 2.75) is 12.8 Å². The molecule has 1 aromatic carbocycles. The van der Waals surface area contributed by atoms with Crippen molar-refractivity contribution < 1.29 is 4.74 Å². The lowest BCUT2D eigenvalue weighted by atomic mass is 10.1. The van der Waals surface area contributed by atoms with Crippen LogP contribution in [0.3, 0.4) is 0 Å². The molecule has 110 valence electrons. The fourth-order valence-electron chi connectivity index (χ4n) is 3.04. The molecule has 4 heteroatoms. The minimum atomic E-state index is 0.747. The molecule has 0 radical (unpaired) electrons. The standard InChI is InChI=1S/C16H23ClN2O/c17-5-7-19-10-8-18(9-11-19)6-3-14-1-2-16-15(13-14)4-12-20-16/h1-2,13H,3-12H2. The number of alkyl halides is 1. The number of fused-ring (bicyclic) bond motifs is 1. The van der Waals surface area contributed by atoms with E-state index < -0.39 is 0 Å². The van der Waals surface area contributed by atoms with E-state index >= 15 is 0 Å². The predicted octanol–water partition coefficient (Wildman–Crippen LogP) is 2.02. The van der Waals surface area contributed by atoms with Gasteiger partial charge in [0.2, 0.25) is 0 Å².